The van der Waals surface area contributed by atoms with E-state index in [9.17, 15) is 9.59 Å². The molecule has 0 amide bonds. The number of Topliss-reactive ketones (excluding diaryl/α,β-unsaturated/α-hetero) is 2. The maximum absolute atomic E-state index is 13.0. The number of methoxy groups -OCH3 is 1. The Morgan fingerprint density at radius 1 is 1.03 bits per heavy atom. The molecule has 1 aromatic rings. The molecule has 1 heterocycles. The fraction of sp³-hybridized carbons (Fsp3) is 0.500. The molecule has 0 spiro atoms. The second-order valence-electron chi connectivity index (χ2n) is 8.13. The summed E-state index contributed by atoms with van der Waals surface area (Å²) in [5, 5.41) is 3.47. The molecule has 0 bridgehead atoms. The lowest BCUT2D eigenvalue weighted by Gasteiger charge is -2.37. The van der Waals surface area contributed by atoms with E-state index < -0.39 is 0 Å². The molecule has 5 nitrogen and oxygen atoms in total. The van der Waals surface area contributed by atoms with E-state index in [0.717, 1.165) is 75.9 Å². The van der Waals surface area contributed by atoms with Gasteiger partial charge in [-0.1, -0.05) is 13.3 Å². The van der Waals surface area contributed by atoms with Crippen molar-refractivity contribution in [1.29, 1.82) is 0 Å². The van der Waals surface area contributed by atoms with Crippen molar-refractivity contribution in [2.75, 3.05) is 13.7 Å². The summed E-state index contributed by atoms with van der Waals surface area (Å²) in [6, 6.07) is 4.01. The van der Waals surface area contributed by atoms with Crippen LogP contribution in [0.3, 0.4) is 0 Å². The molecule has 30 heavy (non-hydrogen) atoms. The fourth-order valence-electron chi connectivity index (χ4n) is 4.68. The van der Waals surface area contributed by atoms with E-state index in [1.807, 2.05) is 6.07 Å². The first kappa shape index (κ1) is 21.4. The van der Waals surface area contributed by atoms with Gasteiger partial charge in [0.1, 0.15) is 0 Å². The van der Waals surface area contributed by atoms with Gasteiger partial charge in [-0.05, 0) is 72.4 Å². The summed E-state index contributed by atoms with van der Waals surface area (Å²) in [6.45, 7) is 2.77. The van der Waals surface area contributed by atoms with Crippen LogP contribution in [0.1, 0.15) is 69.8 Å². The zero-order valence-electron chi connectivity index (χ0n) is 17.6. The van der Waals surface area contributed by atoms with Crippen molar-refractivity contribution >= 4 is 34.2 Å². The van der Waals surface area contributed by atoms with Crippen molar-refractivity contribution in [3.63, 3.8) is 0 Å². The topological polar surface area (TPSA) is 64.6 Å². The van der Waals surface area contributed by atoms with Crippen molar-refractivity contribution in [1.82, 2.24) is 5.32 Å². The molecule has 4 rings (SSSR count). The quantitative estimate of drug-likeness (QED) is 0.413. The number of carbonyl (C=O) groups excluding carboxylic acids is 2. The molecule has 1 N–H and O–H groups in total. The smallest absolute Gasteiger partial charge is 0.174 e. The third kappa shape index (κ3) is 3.90. The Bertz CT molecular complexity index is 905. The molecule has 0 unspecified atom stereocenters. The van der Waals surface area contributed by atoms with Gasteiger partial charge >= 0.3 is 0 Å². The first-order chi connectivity index (χ1) is 14.5. The van der Waals surface area contributed by atoms with Crippen LogP contribution >= 0.6 is 22.6 Å². The molecule has 6 heteroatoms. The van der Waals surface area contributed by atoms with Crippen LogP contribution in [0.5, 0.6) is 11.5 Å². The number of unbranched alkanes of at least 4 members (excludes halogenated alkanes) is 1. The molecule has 0 radical (unpaired) electrons. The first-order valence-electron chi connectivity index (χ1n) is 10.8. The van der Waals surface area contributed by atoms with Gasteiger partial charge in [0.05, 0.1) is 17.3 Å². The van der Waals surface area contributed by atoms with Crippen LogP contribution in [0.25, 0.3) is 0 Å². The van der Waals surface area contributed by atoms with Gasteiger partial charge in [-0.3, -0.25) is 9.59 Å². The second kappa shape index (κ2) is 9.12. The Kier molecular flexibility index (Phi) is 6.51. The average molecular weight is 521 g/mol. The number of benzene rings is 1. The molecule has 0 atom stereocenters. The third-order valence-electron chi connectivity index (χ3n) is 6.12. The summed E-state index contributed by atoms with van der Waals surface area (Å²) in [5.74, 6) is 1.37. The highest BCUT2D eigenvalue weighted by molar-refractivity contribution is 14.1. The lowest BCUT2D eigenvalue weighted by atomic mass is 9.71. The molecule has 160 valence electrons. The number of allylic oxidation sites excluding steroid dienone is 4. The molecule has 3 aliphatic rings. The van der Waals surface area contributed by atoms with Crippen LogP contribution in [-0.4, -0.2) is 25.3 Å². The average Bonchev–Trinajstić information content (AvgIpc) is 2.73. The van der Waals surface area contributed by atoms with Crippen molar-refractivity contribution in [2.24, 2.45) is 0 Å². The first-order valence-corrected chi connectivity index (χ1v) is 11.9. The maximum Gasteiger partial charge on any atom is 0.174 e. The maximum atomic E-state index is 13.0. The summed E-state index contributed by atoms with van der Waals surface area (Å²) in [4.78, 5) is 26.0. The van der Waals surface area contributed by atoms with Gasteiger partial charge in [0.2, 0.25) is 0 Å². The number of halogens is 1. The number of ketones is 2. The van der Waals surface area contributed by atoms with E-state index in [0.29, 0.717) is 25.2 Å². The monoisotopic (exact) mass is 521 g/mol. The van der Waals surface area contributed by atoms with Gasteiger partial charge in [-0.25, -0.2) is 0 Å². The molecule has 2 aliphatic carbocycles. The highest BCUT2D eigenvalue weighted by Crippen LogP contribution is 2.47. The molecule has 0 aromatic heterocycles. The van der Waals surface area contributed by atoms with E-state index >= 15 is 0 Å². The Morgan fingerprint density at radius 2 is 1.67 bits per heavy atom. The number of dihydropyridines is 1. The predicted octanol–water partition coefficient (Wildman–Crippen LogP) is 5.18. The van der Waals surface area contributed by atoms with Crippen molar-refractivity contribution in [3.05, 3.63) is 43.8 Å². The fourth-order valence-corrected chi connectivity index (χ4v) is 5.46. The van der Waals surface area contributed by atoms with Crippen LogP contribution in [0.15, 0.2) is 34.7 Å². The van der Waals surface area contributed by atoms with Crippen LogP contribution in [0.2, 0.25) is 0 Å². The zero-order valence-corrected chi connectivity index (χ0v) is 19.8. The van der Waals surface area contributed by atoms with Crippen LogP contribution in [-0.2, 0) is 9.59 Å². The number of hydrogen-bond acceptors (Lipinski definition) is 5. The third-order valence-corrected chi connectivity index (χ3v) is 6.92. The minimum Gasteiger partial charge on any atom is -0.493 e. The van der Waals surface area contributed by atoms with Gasteiger partial charge < -0.3 is 14.8 Å². The molecule has 0 saturated heterocycles. The standard InChI is InChI=1S/C24H28INO4/c1-3-4-11-30-24-15(25)12-14(13-20(24)29-2)21-22-16(7-5-9-18(22)27)26-17-8-6-10-19(28)23(17)21/h12-13,21,26H,3-11H2,1-2H3. The van der Waals surface area contributed by atoms with Gasteiger partial charge in [0, 0.05) is 41.3 Å². The van der Waals surface area contributed by atoms with E-state index in [4.69, 9.17) is 9.47 Å². The largest absolute Gasteiger partial charge is 0.493 e. The summed E-state index contributed by atoms with van der Waals surface area (Å²) in [6.07, 6.45) is 6.55. The minimum absolute atomic E-state index is 0.149. The highest BCUT2D eigenvalue weighted by Gasteiger charge is 2.40. The summed E-state index contributed by atoms with van der Waals surface area (Å²) in [5.41, 5.74) is 4.48. The summed E-state index contributed by atoms with van der Waals surface area (Å²) >= 11 is 2.27. The van der Waals surface area contributed by atoms with Crippen molar-refractivity contribution < 1.29 is 19.1 Å². The zero-order chi connectivity index (χ0) is 21.3. The molecule has 0 saturated carbocycles. The van der Waals surface area contributed by atoms with E-state index in [-0.39, 0.29) is 17.5 Å². The van der Waals surface area contributed by atoms with E-state index in [2.05, 4.69) is 40.9 Å². The Morgan fingerprint density at radius 3 is 2.23 bits per heavy atom. The number of nitrogens with one attached hydrogen (secondary N) is 1. The molecular formula is C24H28INO4. The summed E-state index contributed by atoms with van der Waals surface area (Å²) < 4.78 is 12.6. The normalized spacial score (nSPS) is 19.4. The van der Waals surface area contributed by atoms with Gasteiger partial charge in [0.15, 0.2) is 23.1 Å². The number of hydrogen-bond donors (Lipinski definition) is 1. The predicted molar refractivity (Wildman–Crippen MR) is 124 cm³/mol. The van der Waals surface area contributed by atoms with Crippen LogP contribution in [0, 0.1) is 3.57 Å². The summed E-state index contributed by atoms with van der Waals surface area (Å²) in [7, 11) is 1.64. The van der Waals surface area contributed by atoms with Gasteiger partial charge in [-0.15, -0.1) is 0 Å². The molecule has 0 fully saturated rings. The molecular weight excluding hydrogens is 493 g/mol. The van der Waals surface area contributed by atoms with Crippen LogP contribution in [0.4, 0.5) is 0 Å². The number of ether oxygens (including phenoxy) is 2. The Labute approximate surface area is 191 Å². The SMILES string of the molecule is CCCCOc1c(I)cc(C2C3=C(CCCC3=O)NC3=C2C(=O)CCC3)cc1OC. The van der Waals surface area contributed by atoms with Crippen molar-refractivity contribution in [2.45, 2.75) is 64.2 Å². The van der Waals surface area contributed by atoms with Crippen molar-refractivity contribution in [3.8, 4) is 11.5 Å². The molecule has 1 aliphatic heterocycles. The number of carbonyl (C=O) groups is 2. The lowest BCUT2D eigenvalue weighted by Crippen LogP contribution is -2.36. The number of rotatable bonds is 6. The van der Waals surface area contributed by atoms with Gasteiger partial charge in [-0.2, -0.15) is 0 Å². The van der Waals surface area contributed by atoms with E-state index in [1.165, 1.54) is 0 Å². The molecule has 1 aromatic carbocycles. The van der Waals surface area contributed by atoms with Gasteiger partial charge in [0.25, 0.3) is 0 Å². The second-order valence-corrected chi connectivity index (χ2v) is 9.29. The van der Waals surface area contributed by atoms with E-state index in [1.54, 1.807) is 7.11 Å². The Hall–Kier alpha value is -1.83. The lowest BCUT2D eigenvalue weighted by molar-refractivity contribution is -0.116. The van der Waals surface area contributed by atoms with Crippen LogP contribution < -0.4 is 14.8 Å². The minimum atomic E-state index is -0.316. The highest BCUT2D eigenvalue weighted by atomic mass is 127. The Balaban J connectivity index is 1.83.